The monoisotopic (exact) mass is 372 g/mol. The summed E-state index contributed by atoms with van der Waals surface area (Å²) in [6, 6.07) is 10.7. The van der Waals surface area contributed by atoms with Crippen molar-refractivity contribution in [3.05, 3.63) is 58.3 Å². The summed E-state index contributed by atoms with van der Waals surface area (Å²) in [6.45, 7) is 0.110. The van der Waals surface area contributed by atoms with E-state index in [2.05, 4.69) is 20.7 Å². The molecule has 0 atom stereocenters. The van der Waals surface area contributed by atoms with Gasteiger partial charge >= 0.3 is 0 Å². The topological polar surface area (TPSA) is 72.2 Å². The molecule has 0 fully saturated rings. The Hall–Kier alpha value is -1.44. The van der Waals surface area contributed by atoms with E-state index in [1.165, 1.54) is 18.2 Å². The molecule has 0 aliphatic carbocycles. The van der Waals surface area contributed by atoms with Crippen LogP contribution in [0.1, 0.15) is 5.56 Å². The maximum atomic E-state index is 13.4. The number of rotatable bonds is 5. The number of hydrogen-bond donors (Lipinski definition) is 2. The number of nitrogens with one attached hydrogen (secondary N) is 1. The first-order valence-electron chi connectivity index (χ1n) is 6.18. The molecule has 0 heterocycles. The second-order valence-electron chi connectivity index (χ2n) is 4.42. The molecule has 7 heteroatoms. The molecule has 0 bridgehead atoms. The number of nitrogens with two attached hydrogens (primary N) is 1. The fourth-order valence-electron chi connectivity index (χ4n) is 1.79. The second kappa shape index (κ2) is 6.55. The van der Waals surface area contributed by atoms with Crippen molar-refractivity contribution in [1.82, 2.24) is 4.72 Å². The van der Waals surface area contributed by atoms with Crippen molar-refractivity contribution in [3.63, 3.8) is 0 Å². The van der Waals surface area contributed by atoms with E-state index in [0.717, 1.165) is 0 Å². The largest absolute Gasteiger partial charge is 0.398 e. The first-order chi connectivity index (χ1) is 9.90. The molecule has 3 N–H and O–H groups in total. The van der Waals surface area contributed by atoms with Crippen molar-refractivity contribution in [3.8, 4) is 0 Å². The van der Waals surface area contributed by atoms with Crippen LogP contribution in [0.4, 0.5) is 10.1 Å². The SMILES string of the molecule is Nc1cc(S(=O)(=O)NCCc2ccccc2F)ccc1Br. The summed E-state index contributed by atoms with van der Waals surface area (Å²) in [5.74, 6) is -0.343. The lowest BCUT2D eigenvalue weighted by Gasteiger charge is -2.08. The highest BCUT2D eigenvalue weighted by Crippen LogP contribution is 2.22. The Morgan fingerprint density at radius 1 is 1.19 bits per heavy atom. The minimum atomic E-state index is -3.66. The smallest absolute Gasteiger partial charge is 0.240 e. The summed E-state index contributed by atoms with van der Waals surface area (Å²) < 4.78 is 40.7. The standard InChI is InChI=1S/C14H14BrFN2O2S/c15-12-6-5-11(9-14(12)17)21(19,20)18-8-7-10-3-1-2-4-13(10)16/h1-6,9,18H,7-8,17H2. The number of benzene rings is 2. The summed E-state index contributed by atoms with van der Waals surface area (Å²) in [7, 11) is -3.66. The third-order valence-electron chi connectivity index (χ3n) is 2.92. The molecule has 21 heavy (non-hydrogen) atoms. The zero-order valence-electron chi connectivity index (χ0n) is 11.0. The first-order valence-corrected chi connectivity index (χ1v) is 8.46. The Morgan fingerprint density at radius 2 is 1.90 bits per heavy atom. The van der Waals surface area contributed by atoms with Crippen LogP contribution in [0.2, 0.25) is 0 Å². The Morgan fingerprint density at radius 3 is 2.57 bits per heavy atom. The number of nitrogen functional groups attached to an aromatic ring is 1. The number of hydrogen-bond acceptors (Lipinski definition) is 3. The van der Waals surface area contributed by atoms with Gasteiger partial charge in [-0.05, 0) is 52.2 Å². The minimum Gasteiger partial charge on any atom is -0.398 e. The fraction of sp³-hybridized carbons (Fsp3) is 0.143. The van der Waals surface area contributed by atoms with E-state index in [0.29, 0.717) is 15.7 Å². The van der Waals surface area contributed by atoms with Gasteiger partial charge in [0.1, 0.15) is 5.82 Å². The van der Waals surface area contributed by atoms with Crippen LogP contribution in [0, 0.1) is 5.82 Å². The van der Waals surface area contributed by atoms with Gasteiger partial charge in [-0.1, -0.05) is 18.2 Å². The summed E-state index contributed by atoms with van der Waals surface area (Å²) in [6.07, 6.45) is 0.276. The molecular formula is C14H14BrFN2O2S. The summed E-state index contributed by atoms with van der Waals surface area (Å²) in [5.41, 5.74) is 6.48. The summed E-state index contributed by atoms with van der Waals surface area (Å²) in [4.78, 5) is 0.0803. The lowest BCUT2D eigenvalue weighted by atomic mass is 10.1. The number of sulfonamides is 1. The lowest BCUT2D eigenvalue weighted by molar-refractivity contribution is 0.577. The summed E-state index contributed by atoms with van der Waals surface area (Å²) >= 11 is 3.21. The third kappa shape index (κ3) is 4.03. The molecule has 0 aliphatic heterocycles. The van der Waals surface area contributed by atoms with Crippen molar-refractivity contribution in [2.75, 3.05) is 12.3 Å². The van der Waals surface area contributed by atoms with Gasteiger partial charge in [-0.25, -0.2) is 17.5 Å². The molecule has 0 unspecified atom stereocenters. The normalized spacial score (nSPS) is 11.5. The quantitative estimate of drug-likeness (QED) is 0.792. The Kier molecular flexibility index (Phi) is 4.97. The Labute approximate surface area is 131 Å². The third-order valence-corrected chi connectivity index (χ3v) is 5.10. The first kappa shape index (κ1) is 15.9. The van der Waals surface area contributed by atoms with Crippen molar-refractivity contribution in [1.29, 1.82) is 0 Å². The molecule has 0 aromatic heterocycles. The van der Waals surface area contributed by atoms with Crippen LogP contribution in [0.5, 0.6) is 0 Å². The zero-order chi connectivity index (χ0) is 15.5. The molecule has 0 amide bonds. The van der Waals surface area contributed by atoms with E-state index < -0.39 is 10.0 Å². The molecule has 2 rings (SSSR count). The average Bonchev–Trinajstić information content (AvgIpc) is 2.44. The molecule has 0 saturated carbocycles. The van der Waals surface area contributed by atoms with Gasteiger partial charge < -0.3 is 5.73 Å². The van der Waals surface area contributed by atoms with Crippen molar-refractivity contribution >= 4 is 31.6 Å². The highest BCUT2D eigenvalue weighted by Gasteiger charge is 2.14. The summed E-state index contributed by atoms with van der Waals surface area (Å²) in [5, 5.41) is 0. The molecule has 0 radical (unpaired) electrons. The molecule has 4 nitrogen and oxygen atoms in total. The number of halogens is 2. The average molecular weight is 373 g/mol. The van der Waals surface area contributed by atoms with Crippen LogP contribution in [0.3, 0.4) is 0 Å². The van der Waals surface area contributed by atoms with E-state index in [4.69, 9.17) is 5.73 Å². The van der Waals surface area contributed by atoms with Gasteiger partial charge in [0.15, 0.2) is 0 Å². The predicted molar refractivity (Wildman–Crippen MR) is 83.8 cm³/mol. The van der Waals surface area contributed by atoms with E-state index in [1.807, 2.05) is 0 Å². The van der Waals surface area contributed by atoms with Gasteiger partial charge in [-0.15, -0.1) is 0 Å². The van der Waals surface area contributed by atoms with Gasteiger partial charge in [-0.2, -0.15) is 0 Å². The van der Waals surface area contributed by atoms with Crippen molar-refractivity contribution < 1.29 is 12.8 Å². The van der Waals surface area contributed by atoms with Crippen LogP contribution in [0.25, 0.3) is 0 Å². The Bertz CT molecular complexity index is 750. The van der Waals surface area contributed by atoms with E-state index >= 15 is 0 Å². The molecule has 112 valence electrons. The van der Waals surface area contributed by atoms with Gasteiger partial charge in [0.25, 0.3) is 0 Å². The van der Waals surface area contributed by atoms with E-state index in [9.17, 15) is 12.8 Å². The van der Waals surface area contributed by atoms with Crippen LogP contribution < -0.4 is 10.5 Å². The second-order valence-corrected chi connectivity index (χ2v) is 7.04. The van der Waals surface area contributed by atoms with Crippen molar-refractivity contribution in [2.45, 2.75) is 11.3 Å². The van der Waals surface area contributed by atoms with Gasteiger partial charge in [-0.3, -0.25) is 0 Å². The van der Waals surface area contributed by atoms with Gasteiger partial charge in [0.05, 0.1) is 4.90 Å². The molecule has 0 saturated heterocycles. The van der Waals surface area contributed by atoms with Gasteiger partial charge in [0.2, 0.25) is 10.0 Å². The minimum absolute atomic E-state index is 0.0803. The molecule has 0 spiro atoms. The van der Waals surface area contributed by atoms with Gasteiger partial charge in [0, 0.05) is 16.7 Å². The van der Waals surface area contributed by atoms with Crippen LogP contribution in [0.15, 0.2) is 51.8 Å². The predicted octanol–water partition coefficient (Wildman–Crippen LogP) is 2.69. The highest BCUT2D eigenvalue weighted by atomic mass is 79.9. The van der Waals surface area contributed by atoms with Crippen LogP contribution in [-0.2, 0) is 16.4 Å². The molecule has 0 aliphatic rings. The zero-order valence-corrected chi connectivity index (χ0v) is 13.4. The molecule has 2 aromatic rings. The lowest BCUT2D eigenvalue weighted by Crippen LogP contribution is -2.26. The maximum Gasteiger partial charge on any atom is 0.240 e. The fourth-order valence-corrected chi connectivity index (χ4v) is 3.11. The van der Waals surface area contributed by atoms with Crippen LogP contribution >= 0.6 is 15.9 Å². The maximum absolute atomic E-state index is 13.4. The Balaban J connectivity index is 2.05. The van der Waals surface area contributed by atoms with Crippen molar-refractivity contribution in [2.24, 2.45) is 0 Å². The van der Waals surface area contributed by atoms with E-state index in [-0.39, 0.29) is 23.7 Å². The van der Waals surface area contributed by atoms with Crippen LogP contribution in [-0.4, -0.2) is 15.0 Å². The highest BCUT2D eigenvalue weighted by molar-refractivity contribution is 9.10. The molecular weight excluding hydrogens is 359 g/mol. The number of anilines is 1. The van der Waals surface area contributed by atoms with E-state index in [1.54, 1.807) is 24.3 Å². The molecule has 2 aromatic carbocycles.